The number of methoxy groups -OCH3 is 1. The predicted molar refractivity (Wildman–Crippen MR) is 122 cm³/mol. The van der Waals surface area contributed by atoms with E-state index in [2.05, 4.69) is 15.0 Å². The van der Waals surface area contributed by atoms with Crippen LogP contribution < -0.4 is 0 Å². The molecule has 0 N–H and O–H groups in total. The van der Waals surface area contributed by atoms with Gasteiger partial charge in [0.25, 0.3) is 0 Å². The maximum Gasteiger partial charge on any atom is 0.357 e. The van der Waals surface area contributed by atoms with Crippen molar-refractivity contribution >= 4 is 29.0 Å². The van der Waals surface area contributed by atoms with Crippen LogP contribution in [-0.2, 0) is 14.3 Å². The lowest BCUT2D eigenvalue weighted by Crippen LogP contribution is -2.50. The zero-order chi connectivity index (χ0) is 24.3. The van der Waals surface area contributed by atoms with Crippen molar-refractivity contribution in [2.45, 2.75) is 59.5 Å². The first-order valence-corrected chi connectivity index (χ1v) is 11.6. The summed E-state index contributed by atoms with van der Waals surface area (Å²) in [6, 6.07) is -1.32. The number of hydrogen-bond donors (Lipinski definition) is 0. The number of azide groups is 1. The molecule has 10 nitrogen and oxygen atoms in total. The lowest BCUT2D eigenvalue weighted by molar-refractivity contribution is -0.137. The normalized spacial score (nSPS) is 13.7. The highest BCUT2D eigenvalue weighted by molar-refractivity contribution is 7.11. The third-order valence-electron chi connectivity index (χ3n) is 5.22. The maximum atomic E-state index is 13.4. The lowest BCUT2D eigenvalue weighted by atomic mass is 9.93. The Kier molecular flexibility index (Phi) is 11.9. The van der Waals surface area contributed by atoms with Gasteiger partial charge in [-0.3, -0.25) is 9.59 Å². The number of Topliss-reactive ketones (excluding diaryl/α,β-unsaturated/α-hetero) is 1. The van der Waals surface area contributed by atoms with E-state index < -0.39 is 18.1 Å². The average molecular weight is 468 g/mol. The monoisotopic (exact) mass is 467 g/mol. The molecule has 0 fully saturated rings. The van der Waals surface area contributed by atoms with Gasteiger partial charge in [-0.15, -0.1) is 11.3 Å². The number of rotatable bonds is 14. The quantitative estimate of drug-likeness (QED) is 0.133. The molecule has 0 aromatic carbocycles. The Bertz CT molecular complexity index is 821. The molecule has 0 aliphatic rings. The van der Waals surface area contributed by atoms with Gasteiger partial charge in [-0.05, 0) is 24.3 Å². The van der Waals surface area contributed by atoms with Crippen LogP contribution >= 0.6 is 11.3 Å². The third-order valence-corrected chi connectivity index (χ3v) is 6.11. The molecule has 0 saturated heterocycles. The van der Waals surface area contributed by atoms with Crippen LogP contribution in [0.15, 0.2) is 10.5 Å². The second-order valence-corrected chi connectivity index (χ2v) is 8.61. The second kappa shape index (κ2) is 13.8. The molecule has 0 aliphatic heterocycles. The van der Waals surface area contributed by atoms with Gasteiger partial charge >= 0.3 is 5.97 Å². The summed E-state index contributed by atoms with van der Waals surface area (Å²) < 4.78 is 10.1. The number of carbonyl (C=O) groups is 3. The van der Waals surface area contributed by atoms with E-state index in [-0.39, 0.29) is 60.4 Å². The smallest absolute Gasteiger partial charge is 0.357 e. The first-order chi connectivity index (χ1) is 15.2. The molecule has 0 saturated carbocycles. The zero-order valence-electron chi connectivity index (χ0n) is 19.6. The summed E-state index contributed by atoms with van der Waals surface area (Å²) in [6.45, 7) is 10.1. The van der Waals surface area contributed by atoms with Crippen molar-refractivity contribution in [1.29, 1.82) is 0 Å². The van der Waals surface area contributed by atoms with E-state index in [4.69, 9.17) is 15.0 Å². The number of carbonyl (C=O) groups excluding carboxylic acids is 3. The Balaban J connectivity index is 3.18. The fraction of sp³-hybridized carbons (Fsp3) is 0.714. The van der Waals surface area contributed by atoms with Crippen molar-refractivity contribution < 1.29 is 23.9 Å². The Morgan fingerprint density at radius 2 is 1.97 bits per heavy atom. The summed E-state index contributed by atoms with van der Waals surface area (Å²) >= 11 is 1.07. The Hall–Kier alpha value is -2.49. The summed E-state index contributed by atoms with van der Waals surface area (Å²) in [5, 5.41) is 5.42. The lowest BCUT2D eigenvalue weighted by Gasteiger charge is -2.36. The molecule has 0 spiro atoms. The fourth-order valence-corrected chi connectivity index (χ4v) is 3.91. The summed E-state index contributed by atoms with van der Waals surface area (Å²) in [5.41, 5.74) is 9.07. The average Bonchev–Trinajstić information content (AvgIpc) is 3.26. The molecule has 0 aliphatic carbocycles. The molecule has 178 valence electrons. The molecule has 3 atom stereocenters. The molecule has 3 unspecified atom stereocenters. The van der Waals surface area contributed by atoms with Crippen LogP contribution in [-0.4, -0.2) is 66.5 Å². The zero-order valence-corrected chi connectivity index (χ0v) is 20.4. The topological polar surface area (TPSA) is 135 Å². The van der Waals surface area contributed by atoms with Gasteiger partial charge in [-0.2, -0.15) is 0 Å². The van der Waals surface area contributed by atoms with Gasteiger partial charge in [-0.25, -0.2) is 9.78 Å². The Labute approximate surface area is 192 Å². The minimum atomic E-state index is -0.867. The molecule has 11 heteroatoms. The molecule has 1 heterocycles. The van der Waals surface area contributed by atoms with Gasteiger partial charge in [0.1, 0.15) is 6.04 Å². The van der Waals surface area contributed by atoms with Crippen molar-refractivity contribution in [2.75, 3.05) is 26.9 Å². The molecule has 1 rings (SSSR count). The number of aromatic nitrogens is 1. The van der Waals surface area contributed by atoms with Gasteiger partial charge < -0.3 is 14.4 Å². The molecule has 0 radical (unpaired) electrons. The van der Waals surface area contributed by atoms with Gasteiger partial charge in [0.15, 0.2) is 16.5 Å². The van der Waals surface area contributed by atoms with Crippen LogP contribution in [0.2, 0.25) is 0 Å². The minimum absolute atomic E-state index is 0.0202. The van der Waals surface area contributed by atoms with Gasteiger partial charge in [0.05, 0.1) is 13.2 Å². The van der Waals surface area contributed by atoms with E-state index in [1.54, 1.807) is 11.8 Å². The van der Waals surface area contributed by atoms with Crippen molar-refractivity contribution in [1.82, 2.24) is 9.88 Å². The standard InChI is InChI=1S/C21H33N5O5S/c1-7-14(5)18(24-25-22)20(28)26(9-10-30-6)16(13(3)4)11-17(27)19-23-15(12-32-19)21(29)31-8-2/h12-14,16,18H,7-11H2,1-6H3. The first-order valence-electron chi connectivity index (χ1n) is 10.7. The molecule has 1 aromatic rings. The van der Waals surface area contributed by atoms with Crippen LogP contribution in [0.5, 0.6) is 0 Å². The van der Waals surface area contributed by atoms with Crippen LogP contribution in [0, 0.1) is 11.8 Å². The Morgan fingerprint density at radius 1 is 1.28 bits per heavy atom. The number of ether oxygens (including phenoxy) is 2. The van der Waals surface area contributed by atoms with Gasteiger partial charge in [0, 0.05) is 36.4 Å². The predicted octanol–water partition coefficient (Wildman–Crippen LogP) is 4.12. The highest BCUT2D eigenvalue weighted by Crippen LogP contribution is 2.23. The van der Waals surface area contributed by atoms with Crippen LogP contribution in [0.3, 0.4) is 0 Å². The highest BCUT2D eigenvalue weighted by Gasteiger charge is 2.34. The SMILES string of the molecule is CCOC(=O)c1csc(C(=O)CC(C(C)C)N(CCOC)C(=O)C(N=[N+]=[N-])C(C)CC)n1. The number of nitrogens with zero attached hydrogens (tertiary/aromatic N) is 5. The molecule has 1 aromatic heterocycles. The minimum Gasteiger partial charge on any atom is -0.461 e. The maximum absolute atomic E-state index is 13.4. The number of amides is 1. The van der Waals surface area contributed by atoms with E-state index in [0.29, 0.717) is 6.42 Å². The van der Waals surface area contributed by atoms with Gasteiger partial charge in [0.2, 0.25) is 5.91 Å². The highest BCUT2D eigenvalue weighted by atomic mass is 32.1. The molecular formula is C21H33N5O5S. The van der Waals surface area contributed by atoms with E-state index in [9.17, 15) is 14.4 Å². The van der Waals surface area contributed by atoms with Gasteiger partial charge in [-0.1, -0.05) is 39.2 Å². The summed E-state index contributed by atoms with van der Waals surface area (Å²) in [5.74, 6) is -1.40. The summed E-state index contributed by atoms with van der Waals surface area (Å²) in [7, 11) is 1.53. The van der Waals surface area contributed by atoms with Crippen molar-refractivity contribution in [3.8, 4) is 0 Å². The number of hydrogen-bond acceptors (Lipinski definition) is 8. The second-order valence-electron chi connectivity index (χ2n) is 7.76. The van der Waals surface area contributed by atoms with E-state index >= 15 is 0 Å². The van der Waals surface area contributed by atoms with E-state index in [0.717, 1.165) is 11.3 Å². The summed E-state index contributed by atoms with van der Waals surface area (Å²) in [4.78, 5) is 46.8. The Morgan fingerprint density at radius 3 is 2.50 bits per heavy atom. The fourth-order valence-electron chi connectivity index (χ4n) is 3.17. The van der Waals surface area contributed by atoms with Crippen LogP contribution in [0.1, 0.15) is 67.8 Å². The summed E-state index contributed by atoms with van der Waals surface area (Å²) in [6.07, 6.45) is 0.682. The third kappa shape index (κ3) is 7.58. The van der Waals surface area contributed by atoms with Crippen molar-refractivity contribution in [3.05, 3.63) is 26.5 Å². The number of thiazole rings is 1. The molecule has 32 heavy (non-hydrogen) atoms. The van der Waals surface area contributed by atoms with Crippen LogP contribution in [0.25, 0.3) is 10.4 Å². The number of esters is 1. The van der Waals surface area contributed by atoms with Crippen LogP contribution in [0.4, 0.5) is 0 Å². The van der Waals surface area contributed by atoms with Crippen molar-refractivity contribution in [2.24, 2.45) is 17.0 Å². The van der Waals surface area contributed by atoms with Crippen molar-refractivity contribution in [3.63, 3.8) is 0 Å². The molecular weight excluding hydrogens is 434 g/mol. The molecule has 0 bridgehead atoms. The van der Waals surface area contributed by atoms with E-state index in [1.165, 1.54) is 12.5 Å². The largest absolute Gasteiger partial charge is 0.461 e. The molecule has 1 amide bonds. The number of ketones is 1. The first kappa shape index (κ1) is 27.5. The van der Waals surface area contributed by atoms with E-state index in [1.807, 2.05) is 27.7 Å².